The van der Waals surface area contributed by atoms with Gasteiger partial charge >= 0.3 is 0 Å². The van der Waals surface area contributed by atoms with Gasteiger partial charge in [0.25, 0.3) is 0 Å². The highest BCUT2D eigenvalue weighted by atomic mass is 16.3. The van der Waals surface area contributed by atoms with Crippen molar-refractivity contribution in [1.82, 2.24) is 24.5 Å². The molecule has 30 heavy (non-hydrogen) atoms. The summed E-state index contributed by atoms with van der Waals surface area (Å²) in [4.78, 5) is 14.5. The molecule has 0 atom stereocenters. The van der Waals surface area contributed by atoms with Crippen molar-refractivity contribution in [3.63, 3.8) is 0 Å². The fourth-order valence-electron chi connectivity index (χ4n) is 4.59. The van der Waals surface area contributed by atoms with Gasteiger partial charge in [0.05, 0.1) is 6.26 Å². The number of benzene rings is 1. The third kappa shape index (κ3) is 3.06. The molecular weight excluding hydrogens is 376 g/mol. The van der Waals surface area contributed by atoms with Gasteiger partial charge in [0, 0.05) is 44.5 Å². The average molecular weight is 400 g/mol. The Morgan fingerprint density at radius 1 is 0.967 bits per heavy atom. The number of anilines is 1. The summed E-state index contributed by atoms with van der Waals surface area (Å²) in [5.74, 6) is 2.17. The Bertz CT molecular complexity index is 1180. The maximum atomic E-state index is 5.56. The van der Waals surface area contributed by atoms with Crippen LogP contribution in [0.5, 0.6) is 0 Å². The Morgan fingerprint density at radius 2 is 1.83 bits per heavy atom. The highest BCUT2D eigenvalue weighted by Gasteiger charge is 2.23. The number of hydrogen-bond acceptors (Lipinski definition) is 6. The number of nitrogens with zero attached hydrogens (tertiary/aromatic N) is 6. The van der Waals surface area contributed by atoms with Crippen LogP contribution >= 0.6 is 0 Å². The zero-order chi connectivity index (χ0) is 19.9. The van der Waals surface area contributed by atoms with Crippen LogP contribution in [0.4, 0.5) is 5.95 Å². The quantitative estimate of drug-likeness (QED) is 0.522. The zero-order valence-electron chi connectivity index (χ0n) is 16.9. The SMILES string of the molecule is c1coc(-c2nc3c(CN4CCc5ccccc5C4)cnc(N4CCCC4)n3n2)c1. The molecule has 7 heteroatoms. The van der Waals surface area contributed by atoms with Crippen LogP contribution in [0, 0.1) is 0 Å². The topological polar surface area (TPSA) is 62.7 Å². The van der Waals surface area contributed by atoms with Crippen LogP contribution in [-0.4, -0.2) is 44.1 Å². The largest absolute Gasteiger partial charge is 0.461 e. The van der Waals surface area contributed by atoms with E-state index in [4.69, 9.17) is 19.5 Å². The predicted octanol–water partition coefficient (Wildman–Crippen LogP) is 3.54. The smallest absolute Gasteiger partial charge is 0.228 e. The number of hydrogen-bond donors (Lipinski definition) is 0. The van der Waals surface area contributed by atoms with E-state index in [1.807, 2.05) is 22.8 Å². The molecule has 0 spiro atoms. The second kappa shape index (κ2) is 7.25. The summed E-state index contributed by atoms with van der Waals surface area (Å²) in [6.07, 6.45) is 7.11. The third-order valence-electron chi connectivity index (χ3n) is 6.15. The first-order valence-corrected chi connectivity index (χ1v) is 10.7. The van der Waals surface area contributed by atoms with Crippen LogP contribution in [0.3, 0.4) is 0 Å². The van der Waals surface area contributed by atoms with Crippen molar-refractivity contribution in [2.45, 2.75) is 32.4 Å². The molecule has 0 N–H and O–H groups in total. The van der Waals surface area contributed by atoms with E-state index in [9.17, 15) is 0 Å². The minimum atomic E-state index is 0.610. The lowest BCUT2D eigenvalue weighted by molar-refractivity contribution is 0.246. The maximum Gasteiger partial charge on any atom is 0.228 e. The average Bonchev–Trinajstić information content (AvgIpc) is 3.55. The van der Waals surface area contributed by atoms with Crippen molar-refractivity contribution in [3.05, 3.63) is 65.5 Å². The standard InChI is InChI=1S/C23H24N6O/c1-2-7-18-15-27(12-9-17(18)6-1)16-19-14-24-23(28-10-3-4-11-28)29-22(19)25-21(26-29)20-8-5-13-30-20/h1-2,5-8,13-14H,3-4,9-12,15-16H2. The molecule has 7 nitrogen and oxygen atoms in total. The Hall–Kier alpha value is -3.19. The van der Waals surface area contributed by atoms with Crippen molar-refractivity contribution in [2.75, 3.05) is 24.5 Å². The normalized spacial score (nSPS) is 17.0. The molecule has 0 unspecified atom stereocenters. The third-order valence-corrected chi connectivity index (χ3v) is 6.15. The van der Waals surface area contributed by atoms with Gasteiger partial charge < -0.3 is 9.32 Å². The molecular formula is C23H24N6O. The minimum Gasteiger partial charge on any atom is -0.461 e. The Labute approximate surface area is 175 Å². The lowest BCUT2D eigenvalue weighted by atomic mass is 10.00. The zero-order valence-corrected chi connectivity index (χ0v) is 16.9. The molecule has 6 rings (SSSR count). The molecule has 1 saturated heterocycles. The Kier molecular flexibility index (Phi) is 4.27. The summed E-state index contributed by atoms with van der Waals surface area (Å²) in [6.45, 7) is 4.83. The van der Waals surface area contributed by atoms with Gasteiger partial charge in [-0.3, -0.25) is 4.90 Å². The summed E-state index contributed by atoms with van der Waals surface area (Å²) in [6, 6.07) is 12.5. The number of aromatic nitrogens is 4. The first kappa shape index (κ1) is 17.7. The summed E-state index contributed by atoms with van der Waals surface area (Å²) in [5.41, 5.74) is 4.85. The lowest BCUT2D eigenvalue weighted by Gasteiger charge is -2.28. The molecule has 4 aromatic rings. The number of rotatable bonds is 4. The molecule has 0 radical (unpaired) electrons. The van der Waals surface area contributed by atoms with Crippen molar-refractivity contribution < 1.29 is 4.42 Å². The second-order valence-corrected chi connectivity index (χ2v) is 8.16. The van der Waals surface area contributed by atoms with Crippen molar-refractivity contribution in [2.24, 2.45) is 0 Å². The minimum absolute atomic E-state index is 0.610. The van der Waals surface area contributed by atoms with E-state index in [-0.39, 0.29) is 0 Å². The van der Waals surface area contributed by atoms with Crippen LogP contribution in [0.2, 0.25) is 0 Å². The fraction of sp³-hybridized carbons (Fsp3) is 0.348. The van der Waals surface area contributed by atoms with E-state index < -0.39 is 0 Å². The maximum absolute atomic E-state index is 5.56. The van der Waals surface area contributed by atoms with Crippen LogP contribution in [0.25, 0.3) is 17.2 Å². The van der Waals surface area contributed by atoms with E-state index >= 15 is 0 Å². The molecule has 0 bridgehead atoms. The first-order chi connectivity index (χ1) is 14.8. The van der Waals surface area contributed by atoms with Crippen LogP contribution < -0.4 is 4.90 Å². The summed E-state index contributed by atoms with van der Waals surface area (Å²) >= 11 is 0. The Balaban J connectivity index is 1.38. The van der Waals surface area contributed by atoms with Crippen molar-refractivity contribution in [1.29, 1.82) is 0 Å². The molecule has 2 aliphatic heterocycles. The molecule has 0 amide bonds. The summed E-state index contributed by atoms with van der Waals surface area (Å²) in [5, 5.41) is 4.78. The molecule has 0 saturated carbocycles. The van der Waals surface area contributed by atoms with E-state index in [0.29, 0.717) is 11.6 Å². The monoisotopic (exact) mass is 400 g/mol. The van der Waals surface area contributed by atoms with Gasteiger partial charge in [-0.15, -0.1) is 5.10 Å². The van der Waals surface area contributed by atoms with Gasteiger partial charge in [0.2, 0.25) is 11.8 Å². The highest BCUT2D eigenvalue weighted by molar-refractivity contribution is 5.58. The van der Waals surface area contributed by atoms with Crippen LogP contribution in [0.15, 0.2) is 53.3 Å². The van der Waals surface area contributed by atoms with Crippen LogP contribution in [-0.2, 0) is 19.5 Å². The van der Waals surface area contributed by atoms with E-state index in [0.717, 1.165) is 56.3 Å². The van der Waals surface area contributed by atoms with Gasteiger partial charge in [-0.05, 0) is 42.5 Å². The number of furan rings is 1. The Morgan fingerprint density at radius 3 is 2.67 bits per heavy atom. The van der Waals surface area contributed by atoms with E-state index in [1.165, 1.54) is 24.0 Å². The van der Waals surface area contributed by atoms with Gasteiger partial charge in [-0.1, -0.05) is 24.3 Å². The van der Waals surface area contributed by atoms with Gasteiger partial charge in [0.15, 0.2) is 11.4 Å². The molecule has 1 fully saturated rings. The molecule has 152 valence electrons. The van der Waals surface area contributed by atoms with Gasteiger partial charge in [-0.25, -0.2) is 9.97 Å². The van der Waals surface area contributed by atoms with Crippen molar-refractivity contribution >= 4 is 11.6 Å². The molecule has 1 aromatic carbocycles. The highest BCUT2D eigenvalue weighted by Crippen LogP contribution is 2.26. The van der Waals surface area contributed by atoms with Gasteiger partial charge in [-0.2, -0.15) is 4.52 Å². The first-order valence-electron chi connectivity index (χ1n) is 10.7. The van der Waals surface area contributed by atoms with Gasteiger partial charge in [0.1, 0.15) is 0 Å². The van der Waals surface area contributed by atoms with Crippen LogP contribution in [0.1, 0.15) is 29.5 Å². The number of fused-ring (bicyclic) bond motifs is 2. The predicted molar refractivity (Wildman–Crippen MR) is 114 cm³/mol. The molecule has 2 aliphatic rings. The fourth-order valence-corrected chi connectivity index (χ4v) is 4.59. The van der Waals surface area contributed by atoms with E-state index in [2.05, 4.69) is 34.1 Å². The van der Waals surface area contributed by atoms with E-state index in [1.54, 1.807) is 6.26 Å². The lowest BCUT2D eigenvalue weighted by Crippen LogP contribution is -2.30. The second-order valence-electron chi connectivity index (χ2n) is 8.16. The van der Waals surface area contributed by atoms with Crippen molar-refractivity contribution in [3.8, 4) is 11.6 Å². The summed E-state index contributed by atoms with van der Waals surface area (Å²) in [7, 11) is 0. The molecule has 3 aromatic heterocycles. The summed E-state index contributed by atoms with van der Waals surface area (Å²) < 4.78 is 7.47. The molecule has 0 aliphatic carbocycles. The molecule has 5 heterocycles.